The fourth-order valence-corrected chi connectivity index (χ4v) is 2.14. The van der Waals surface area contributed by atoms with Crippen molar-refractivity contribution in [3.63, 3.8) is 0 Å². The molecule has 0 radical (unpaired) electrons. The lowest BCUT2D eigenvalue weighted by atomic mass is 10.1. The molecule has 1 aliphatic heterocycles. The molecule has 0 fully saturated rings. The van der Waals surface area contributed by atoms with E-state index in [1.807, 2.05) is 30.4 Å². The van der Waals surface area contributed by atoms with E-state index >= 15 is 0 Å². The third-order valence-corrected chi connectivity index (χ3v) is 2.81. The molecule has 1 aromatic carbocycles. The standard InChI is InChI=1S/C10H11BrN2O/c1-13-6-9(11)10(12-13)7-2-4-8(14)5-3-7/h2-6,10,12,14H,1H3. The smallest absolute Gasteiger partial charge is 0.115 e. The molecule has 1 atom stereocenters. The number of halogens is 1. The number of hydrogen-bond donors (Lipinski definition) is 2. The Hall–Kier alpha value is -1.00. The minimum atomic E-state index is 0.153. The zero-order valence-corrected chi connectivity index (χ0v) is 9.32. The van der Waals surface area contributed by atoms with Crippen LogP contribution in [0.1, 0.15) is 11.6 Å². The number of benzene rings is 1. The van der Waals surface area contributed by atoms with Crippen LogP contribution in [-0.4, -0.2) is 17.2 Å². The van der Waals surface area contributed by atoms with E-state index in [0.29, 0.717) is 5.75 Å². The van der Waals surface area contributed by atoms with Crippen molar-refractivity contribution in [2.75, 3.05) is 7.05 Å². The van der Waals surface area contributed by atoms with Crippen molar-refractivity contribution < 1.29 is 5.11 Å². The highest BCUT2D eigenvalue weighted by Crippen LogP contribution is 2.31. The van der Waals surface area contributed by atoms with Crippen molar-refractivity contribution >= 4 is 15.9 Å². The summed E-state index contributed by atoms with van der Waals surface area (Å²) in [5, 5.41) is 11.1. The zero-order chi connectivity index (χ0) is 10.1. The van der Waals surface area contributed by atoms with Gasteiger partial charge in [-0.2, -0.15) is 0 Å². The molecule has 1 heterocycles. The molecule has 4 heteroatoms. The minimum Gasteiger partial charge on any atom is -0.508 e. The molecule has 3 nitrogen and oxygen atoms in total. The summed E-state index contributed by atoms with van der Waals surface area (Å²) in [5.41, 5.74) is 4.37. The van der Waals surface area contributed by atoms with Gasteiger partial charge in [0, 0.05) is 17.7 Å². The maximum Gasteiger partial charge on any atom is 0.115 e. The largest absolute Gasteiger partial charge is 0.508 e. The lowest BCUT2D eigenvalue weighted by molar-refractivity contribution is 0.333. The van der Waals surface area contributed by atoms with E-state index in [1.54, 1.807) is 12.1 Å². The van der Waals surface area contributed by atoms with Crippen molar-refractivity contribution in [2.45, 2.75) is 6.04 Å². The van der Waals surface area contributed by atoms with Gasteiger partial charge in [0.2, 0.25) is 0 Å². The van der Waals surface area contributed by atoms with Crippen molar-refractivity contribution in [1.29, 1.82) is 0 Å². The molecule has 2 N–H and O–H groups in total. The molecular weight excluding hydrogens is 244 g/mol. The van der Waals surface area contributed by atoms with Gasteiger partial charge < -0.3 is 10.1 Å². The summed E-state index contributed by atoms with van der Waals surface area (Å²) in [7, 11) is 1.95. The molecule has 0 amide bonds. The van der Waals surface area contributed by atoms with E-state index < -0.39 is 0 Å². The maximum atomic E-state index is 9.16. The van der Waals surface area contributed by atoms with Crippen LogP contribution in [-0.2, 0) is 0 Å². The van der Waals surface area contributed by atoms with E-state index in [1.165, 1.54) is 0 Å². The van der Waals surface area contributed by atoms with Crippen LogP contribution < -0.4 is 5.43 Å². The Kier molecular flexibility index (Phi) is 2.48. The second-order valence-electron chi connectivity index (χ2n) is 3.28. The Morgan fingerprint density at radius 3 is 2.50 bits per heavy atom. The number of phenols is 1. The van der Waals surface area contributed by atoms with Crippen LogP contribution in [0.3, 0.4) is 0 Å². The second-order valence-corrected chi connectivity index (χ2v) is 4.19. The van der Waals surface area contributed by atoms with Gasteiger partial charge in [0.05, 0.1) is 6.04 Å². The lowest BCUT2D eigenvalue weighted by Crippen LogP contribution is -2.27. The highest BCUT2D eigenvalue weighted by atomic mass is 79.9. The number of hydrogen-bond acceptors (Lipinski definition) is 3. The zero-order valence-electron chi connectivity index (χ0n) is 7.74. The van der Waals surface area contributed by atoms with Crippen LogP contribution in [0.15, 0.2) is 34.9 Å². The molecule has 0 aliphatic carbocycles. The Labute approximate surface area is 91.1 Å². The third kappa shape index (κ3) is 1.76. The van der Waals surface area contributed by atoms with Crippen LogP contribution in [0, 0.1) is 0 Å². The highest BCUT2D eigenvalue weighted by molar-refractivity contribution is 9.11. The van der Waals surface area contributed by atoms with Gasteiger partial charge >= 0.3 is 0 Å². The molecule has 1 unspecified atom stereocenters. The van der Waals surface area contributed by atoms with Crippen molar-refractivity contribution in [2.24, 2.45) is 0 Å². The summed E-state index contributed by atoms with van der Waals surface area (Å²) in [4.78, 5) is 0. The van der Waals surface area contributed by atoms with Gasteiger partial charge in [-0.05, 0) is 17.7 Å². The van der Waals surface area contributed by atoms with E-state index in [2.05, 4.69) is 21.4 Å². The number of phenolic OH excluding ortho intramolecular Hbond substituents is 1. The lowest BCUT2D eigenvalue weighted by Gasteiger charge is -2.15. The SMILES string of the molecule is CN1C=C(Br)C(c2ccc(O)cc2)N1. The molecule has 74 valence electrons. The molecule has 1 aliphatic rings. The molecule has 0 aromatic heterocycles. The summed E-state index contributed by atoms with van der Waals surface area (Å²) < 4.78 is 1.09. The van der Waals surface area contributed by atoms with Gasteiger partial charge in [-0.1, -0.05) is 28.1 Å². The molecule has 0 spiro atoms. The van der Waals surface area contributed by atoms with E-state index in [0.717, 1.165) is 10.0 Å². The molecule has 0 saturated carbocycles. The Morgan fingerprint density at radius 1 is 1.36 bits per heavy atom. The monoisotopic (exact) mass is 254 g/mol. The number of nitrogens with zero attached hydrogens (tertiary/aromatic N) is 1. The predicted octanol–water partition coefficient (Wildman–Crippen LogP) is 2.12. The normalized spacial score (nSPS) is 21.1. The first-order chi connectivity index (χ1) is 6.66. The Bertz CT molecular complexity index is 361. The highest BCUT2D eigenvalue weighted by Gasteiger charge is 2.21. The fourth-order valence-electron chi connectivity index (χ4n) is 1.46. The minimum absolute atomic E-state index is 0.153. The summed E-state index contributed by atoms with van der Waals surface area (Å²) in [6.45, 7) is 0. The van der Waals surface area contributed by atoms with Gasteiger partial charge in [-0.25, -0.2) is 5.43 Å². The first-order valence-corrected chi connectivity index (χ1v) is 5.11. The van der Waals surface area contributed by atoms with Crippen molar-refractivity contribution in [1.82, 2.24) is 10.4 Å². The summed E-state index contributed by atoms with van der Waals surface area (Å²) in [6, 6.07) is 7.34. The van der Waals surface area contributed by atoms with Gasteiger partial charge in [-0.15, -0.1) is 0 Å². The topological polar surface area (TPSA) is 35.5 Å². The second kappa shape index (κ2) is 3.63. The Balaban J connectivity index is 2.25. The van der Waals surface area contributed by atoms with Crippen LogP contribution in [0.2, 0.25) is 0 Å². The van der Waals surface area contributed by atoms with Crippen LogP contribution >= 0.6 is 15.9 Å². The average molecular weight is 255 g/mol. The first-order valence-electron chi connectivity index (χ1n) is 4.32. The van der Waals surface area contributed by atoms with Gasteiger partial charge in [-0.3, -0.25) is 0 Å². The quantitative estimate of drug-likeness (QED) is 0.806. The fraction of sp³-hybridized carbons (Fsp3) is 0.200. The molecule has 1 aromatic rings. The maximum absolute atomic E-state index is 9.16. The predicted molar refractivity (Wildman–Crippen MR) is 58.8 cm³/mol. The van der Waals surface area contributed by atoms with E-state index in [9.17, 15) is 0 Å². The summed E-state index contributed by atoms with van der Waals surface area (Å²) in [5.74, 6) is 0.292. The van der Waals surface area contributed by atoms with Crippen molar-refractivity contribution in [3.8, 4) is 5.75 Å². The Morgan fingerprint density at radius 2 is 2.00 bits per heavy atom. The summed E-state index contributed by atoms with van der Waals surface area (Å²) >= 11 is 3.49. The summed E-state index contributed by atoms with van der Waals surface area (Å²) in [6.07, 6.45) is 1.98. The van der Waals surface area contributed by atoms with Crippen LogP contribution in [0.25, 0.3) is 0 Å². The molecule has 2 rings (SSSR count). The number of hydrazine groups is 1. The molecular formula is C10H11BrN2O. The van der Waals surface area contributed by atoms with E-state index in [4.69, 9.17) is 5.11 Å². The molecule has 0 bridgehead atoms. The average Bonchev–Trinajstić information content (AvgIpc) is 2.47. The van der Waals surface area contributed by atoms with Crippen LogP contribution in [0.5, 0.6) is 5.75 Å². The van der Waals surface area contributed by atoms with Crippen molar-refractivity contribution in [3.05, 3.63) is 40.5 Å². The molecule has 0 saturated heterocycles. The number of nitrogens with one attached hydrogen (secondary N) is 1. The van der Waals surface area contributed by atoms with Crippen LogP contribution in [0.4, 0.5) is 0 Å². The van der Waals surface area contributed by atoms with Gasteiger partial charge in [0.15, 0.2) is 0 Å². The first kappa shape index (κ1) is 9.55. The third-order valence-electron chi connectivity index (χ3n) is 2.15. The van der Waals surface area contributed by atoms with E-state index in [-0.39, 0.29) is 6.04 Å². The van der Waals surface area contributed by atoms with Gasteiger partial charge in [0.1, 0.15) is 5.75 Å². The number of aromatic hydroxyl groups is 1. The van der Waals surface area contributed by atoms with Gasteiger partial charge in [0.25, 0.3) is 0 Å². The number of rotatable bonds is 1. The molecule has 14 heavy (non-hydrogen) atoms.